The van der Waals surface area contributed by atoms with Gasteiger partial charge < -0.3 is 10.1 Å². The fourth-order valence-corrected chi connectivity index (χ4v) is 2.51. The van der Waals surface area contributed by atoms with Gasteiger partial charge in [0.2, 0.25) is 0 Å². The third-order valence-corrected chi connectivity index (χ3v) is 3.77. The van der Waals surface area contributed by atoms with Crippen LogP contribution in [-0.2, 0) is 11.3 Å². The molecule has 0 aliphatic rings. The van der Waals surface area contributed by atoms with E-state index in [9.17, 15) is 0 Å². The minimum atomic E-state index is 0.218. The van der Waals surface area contributed by atoms with Gasteiger partial charge in [0.25, 0.3) is 0 Å². The van der Waals surface area contributed by atoms with Crippen LogP contribution in [0.3, 0.4) is 0 Å². The Bertz CT molecular complexity index is 493. The molecule has 1 aromatic carbocycles. The van der Waals surface area contributed by atoms with Crippen LogP contribution in [0.4, 0.5) is 0 Å². The average Bonchev–Trinajstić information content (AvgIpc) is 2.98. The lowest BCUT2D eigenvalue weighted by molar-refractivity contribution is 0.0880. The Kier molecular flexibility index (Phi) is 6.51. The van der Waals surface area contributed by atoms with Crippen LogP contribution in [0.25, 0.3) is 6.08 Å². The zero-order valence-corrected chi connectivity index (χ0v) is 12.6. The molecule has 2 rings (SSSR count). The van der Waals surface area contributed by atoms with E-state index in [0.717, 1.165) is 13.1 Å². The Balaban J connectivity index is 1.58. The van der Waals surface area contributed by atoms with Gasteiger partial charge in [0, 0.05) is 18.0 Å². The van der Waals surface area contributed by atoms with Crippen molar-refractivity contribution in [1.82, 2.24) is 5.32 Å². The molecule has 0 fully saturated rings. The molecule has 0 aliphatic carbocycles. The Morgan fingerprint density at radius 1 is 1.20 bits per heavy atom. The van der Waals surface area contributed by atoms with Crippen LogP contribution >= 0.6 is 11.3 Å². The topological polar surface area (TPSA) is 21.3 Å². The molecule has 1 N–H and O–H groups in total. The highest BCUT2D eigenvalue weighted by molar-refractivity contribution is 7.09. The first-order valence-corrected chi connectivity index (χ1v) is 7.79. The van der Waals surface area contributed by atoms with Crippen molar-refractivity contribution in [1.29, 1.82) is 0 Å². The molecule has 0 aliphatic heterocycles. The van der Waals surface area contributed by atoms with Crippen LogP contribution in [0, 0.1) is 0 Å². The smallest absolute Gasteiger partial charge is 0.0675 e. The first kappa shape index (κ1) is 15.0. The molecule has 0 spiro atoms. The first-order chi connectivity index (χ1) is 9.84. The predicted molar refractivity (Wildman–Crippen MR) is 86.9 cm³/mol. The molecule has 2 nitrogen and oxygen atoms in total. The third kappa shape index (κ3) is 5.70. The van der Waals surface area contributed by atoms with E-state index in [1.165, 1.54) is 10.4 Å². The van der Waals surface area contributed by atoms with Crippen LogP contribution in [0.5, 0.6) is 0 Å². The Morgan fingerprint density at radius 2 is 2.05 bits per heavy atom. The summed E-state index contributed by atoms with van der Waals surface area (Å²) < 4.78 is 5.74. The molecule has 106 valence electrons. The molecule has 2 aromatic rings. The van der Waals surface area contributed by atoms with Crippen molar-refractivity contribution in [3.8, 4) is 0 Å². The summed E-state index contributed by atoms with van der Waals surface area (Å²) in [7, 11) is 0. The summed E-state index contributed by atoms with van der Waals surface area (Å²) in [6.45, 7) is 4.54. The standard InChI is InChI=1S/C17H21NOS/c1-15(13-18-14-17-10-6-12-20-17)19-11-5-9-16-7-3-2-4-8-16/h2-10,12,15,18H,11,13-14H2,1H3. The molecular formula is C17H21NOS. The highest BCUT2D eigenvalue weighted by Crippen LogP contribution is 2.07. The molecule has 0 saturated heterocycles. The quantitative estimate of drug-likeness (QED) is 0.793. The molecule has 0 amide bonds. The minimum Gasteiger partial charge on any atom is -0.373 e. The second-order valence-corrected chi connectivity index (χ2v) is 5.70. The van der Waals surface area contributed by atoms with Crippen LogP contribution in [0.15, 0.2) is 53.9 Å². The summed E-state index contributed by atoms with van der Waals surface area (Å²) in [5.41, 5.74) is 1.21. The van der Waals surface area contributed by atoms with Crippen molar-refractivity contribution in [2.75, 3.05) is 13.2 Å². The van der Waals surface area contributed by atoms with E-state index in [2.05, 4.69) is 54.0 Å². The van der Waals surface area contributed by atoms with Gasteiger partial charge in [-0.25, -0.2) is 0 Å². The summed E-state index contributed by atoms with van der Waals surface area (Å²) in [6, 6.07) is 14.5. The molecule has 3 heteroatoms. The summed E-state index contributed by atoms with van der Waals surface area (Å²) in [5, 5.41) is 5.51. The van der Waals surface area contributed by atoms with E-state index in [4.69, 9.17) is 4.74 Å². The van der Waals surface area contributed by atoms with Crippen molar-refractivity contribution >= 4 is 17.4 Å². The highest BCUT2D eigenvalue weighted by atomic mass is 32.1. The molecule has 20 heavy (non-hydrogen) atoms. The van der Waals surface area contributed by atoms with E-state index >= 15 is 0 Å². The lowest BCUT2D eigenvalue weighted by Crippen LogP contribution is -2.26. The fourth-order valence-electron chi connectivity index (χ4n) is 1.84. The first-order valence-electron chi connectivity index (χ1n) is 6.91. The van der Waals surface area contributed by atoms with E-state index in [1.807, 2.05) is 18.2 Å². The normalized spacial score (nSPS) is 12.8. The van der Waals surface area contributed by atoms with Gasteiger partial charge >= 0.3 is 0 Å². The Morgan fingerprint density at radius 3 is 2.80 bits per heavy atom. The Labute approximate surface area is 125 Å². The zero-order valence-electron chi connectivity index (χ0n) is 11.8. The molecule has 0 saturated carbocycles. The van der Waals surface area contributed by atoms with Crippen molar-refractivity contribution in [3.05, 3.63) is 64.4 Å². The summed E-state index contributed by atoms with van der Waals surface area (Å²) in [5.74, 6) is 0. The predicted octanol–water partition coefficient (Wildman–Crippen LogP) is 3.96. The molecule has 1 unspecified atom stereocenters. The van der Waals surface area contributed by atoms with E-state index in [-0.39, 0.29) is 6.10 Å². The van der Waals surface area contributed by atoms with Gasteiger partial charge in [0.1, 0.15) is 0 Å². The second kappa shape index (κ2) is 8.69. The molecule has 1 heterocycles. The van der Waals surface area contributed by atoms with Crippen molar-refractivity contribution < 1.29 is 4.74 Å². The van der Waals surface area contributed by atoms with Gasteiger partial charge in [-0.3, -0.25) is 0 Å². The van der Waals surface area contributed by atoms with E-state index < -0.39 is 0 Å². The lowest BCUT2D eigenvalue weighted by atomic mass is 10.2. The number of benzene rings is 1. The second-order valence-electron chi connectivity index (χ2n) is 4.67. The number of rotatable bonds is 8. The fraction of sp³-hybridized carbons (Fsp3) is 0.294. The lowest BCUT2D eigenvalue weighted by Gasteiger charge is -2.12. The van der Waals surface area contributed by atoms with Crippen LogP contribution in [0.2, 0.25) is 0 Å². The zero-order chi connectivity index (χ0) is 14.0. The molecule has 1 atom stereocenters. The molecule has 0 bridgehead atoms. The monoisotopic (exact) mass is 287 g/mol. The van der Waals surface area contributed by atoms with Gasteiger partial charge in [-0.1, -0.05) is 48.6 Å². The number of hydrogen-bond donors (Lipinski definition) is 1. The molecule has 0 radical (unpaired) electrons. The summed E-state index contributed by atoms with van der Waals surface area (Å²) >= 11 is 1.78. The Hall–Kier alpha value is -1.42. The number of hydrogen-bond acceptors (Lipinski definition) is 3. The van der Waals surface area contributed by atoms with Gasteiger partial charge in [-0.15, -0.1) is 11.3 Å². The maximum atomic E-state index is 5.74. The van der Waals surface area contributed by atoms with E-state index in [1.54, 1.807) is 11.3 Å². The van der Waals surface area contributed by atoms with Crippen molar-refractivity contribution in [2.45, 2.75) is 19.6 Å². The minimum absolute atomic E-state index is 0.218. The van der Waals surface area contributed by atoms with Gasteiger partial charge in [0.15, 0.2) is 0 Å². The van der Waals surface area contributed by atoms with Crippen LogP contribution in [-0.4, -0.2) is 19.3 Å². The van der Waals surface area contributed by atoms with Gasteiger partial charge in [0.05, 0.1) is 12.7 Å². The summed E-state index contributed by atoms with van der Waals surface area (Å²) in [6.07, 6.45) is 4.37. The summed E-state index contributed by atoms with van der Waals surface area (Å²) in [4.78, 5) is 1.36. The SMILES string of the molecule is CC(CNCc1cccs1)OCC=Cc1ccccc1. The number of nitrogens with one attached hydrogen (secondary N) is 1. The van der Waals surface area contributed by atoms with Gasteiger partial charge in [-0.2, -0.15) is 0 Å². The molecular weight excluding hydrogens is 266 g/mol. The number of ether oxygens (including phenoxy) is 1. The van der Waals surface area contributed by atoms with Crippen molar-refractivity contribution in [3.63, 3.8) is 0 Å². The average molecular weight is 287 g/mol. The van der Waals surface area contributed by atoms with Crippen LogP contribution < -0.4 is 5.32 Å². The third-order valence-electron chi connectivity index (χ3n) is 2.90. The van der Waals surface area contributed by atoms with Crippen LogP contribution in [0.1, 0.15) is 17.4 Å². The maximum Gasteiger partial charge on any atom is 0.0675 e. The number of thiophene rings is 1. The highest BCUT2D eigenvalue weighted by Gasteiger charge is 2.00. The maximum absolute atomic E-state index is 5.74. The largest absolute Gasteiger partial charge is 0.373 e. The van der Waals surface area contributed by atoms with Crippen molar-refractivity contribution in [2.24, 2.45) is 0 Å². The van der Waals surface area contributed by atoms with Gasteiger partial charge in [-0.05, 0) is 23.9 Å². The molecule has 1 aromatic heterocycles. The van der Waals surface area contributed by atoms with E-state index in [0.29, 0.717) is 6.61 Å².